The average molecular weight is 467 g/mol. The van der Waals surface area contributed by atoms with Crippen LogP contribution in [0.4, 0.5) is 0 Å². The lowest BCUT2D eigenvalue weighted by Gasteiger charge is -2.39. The number of methoxy groups -OCH3 is 3. The highest BCUT2D eigenvalue weighted by Gasteiger charge is 2.44. The first-order chi connectivity index (χ1) is 16.0. The SMILES string of the molecule is COc1ccccc1CNC(=O)[C@H]1c2cc(OC)c(OC)cc2C(=O)N(C)[C@@H]1c1cccs1. The predicted molar refractivity (Wildman–Crippen MR) is 126 cm³/mol. The summed E-state index contributed by atoms with van der Waals surface area (Å²) in [6.07, 6.45) is 0. The highest BCUT2D eigenvalue weighted by Crippen LogP contribution is 2.46. The van der Waals surface area contributed by atoms with E-state index in [-0.39, 0.29) is 11.8 Å². The van der Waals surface area contributed by atoms with Crippen LogP contribution in [0, 0.1) is 0 Å². The molecular weight excluding hydrogens is 440 g/mol. The van der Waals surface area contributed by atoms with Gasteiger partial charge in [-0.25, -0.2) is 0 Å². The van der Waals surface area contributed by atoms with Gasteiger partial charge in [-0.15, -0.1) is 11.3 Å². The van der Waals surface area contributed by atoms with Gasteiger partial charge < -0.3 is 24.4 Å². The molecule has 1 aliphatic heterocycles. The molecule has 1 aliphatic rings. The van der Waals surface area contributed by atoms with Crippen LogP contribution in [0.5, 0.6) is 17.2 Å². The van der Waals surface area contributed by atoms with Crippen LogP contribution in [0.1, 0.15) is 38.3 Å². The second-order valence-corrected chi connectivity index (χ2v) is 8.66. The molecule has 0 saturated heterocycles. The van der Waals surface area contributed by atoms with E-state index in [0.29, 0.717) is 34.9 Å². The van der Waals surface area contributed by atoms with Gasteiger partial charge in [0.2, 0.25) is 5.91 Å². The van der Waals surface area contributed by atoms with Gasteiger partial charge in [0.25, 0.3) is 5.91 Å². The summed E-state index contributed by atoms with van der Waals surface area (Å²) in [5, 5.41) is 5.00. The lowest BCUT2D eigenvalue weighted by molar-refractivity contribution is -0.124. The lowest BCUT2D eigenvalue weighted by atomic mass is 9.81. The maximum Gasteiger partial charge on any atom is 0.254 e. The molecule has 2 aromatic carbocycles. The normalized spacial score (nSPS) is 17.3. The molecule has 0 radical (unpaired) electrons. The summed E-state index contributed by atoms with van der Waals surface area (Å²) < 4.78 is 16.3. The third kappa shape index (κ3) is 4.14. The summed E-state index contributed by atoms with van der Waals surface area (Å²) in [6, 6.07) is 14.4. The average Bonchev–Trinajstić information content (AvgIpc) is 3.38. The Balaban J connectivity index is 1.77. The Labute approximate surface area is 196 Å². The fourth-order valence-corrected chi connectivity index (χ4v) is 5.19. The van der Waals surface area contributed by atoms with Crippen molar-refractivity contribution in [1.29, 1.82) is 0 Å². The van der Waals surface area contributed by atoms with E-state index in [1.54, 1.807) is 31.2 Å². The summed E-state index contributed by atoms with van der Waals surface area (Å²) in [6.45, 7) is 0.302. The van der Waals surface area contributed by atoms with E-state index in [1.807, 2.05) is 41.8 Å². The van der Waals surface area contributed by atoms with Crippen molar-refractivity contribution in [2.45, 2.75) is 18.5 Å². The van der Waals surface area contributed by atoms with Gasteiger partial charge in [0.1, 0.15) is 5.75 Å². The Hall–Kier alpha value is -3.52. The number of ether oxygens (including phenoxy) is 3. The maximum absolute atomic E-state index is 13.7. The summed E-state index contributed by atoms with van der Waals surface area (Å²) >= 11 is 1.52. The van der Waals surface area contributed by atoms with E-state index in [1.165, 1.54) is 25.6 Å². The van der Waals surface area contributed by atoms with Gasteiger partial charge in [0.05, 0.1) is 33.3 Å². The molecule has 3 aromatic rings. The monoisotopic (exact) mass is 466 g/mol. The van der Waals surface area contributed by atoms with E-state index in [2.05, 4.69) is 5.32 Å². The van der Waals surface area contributed by atoms with Crippen LogP contribution in [-0.2, 0) is 11.3 Å². The molecule has 1 aromatic heterocycles. The van der Waals surface area contributed by atoms with Gasteiger partial charge in [-0.2, -0.15) is 0 Å². The quantitative estimate of drug-likeness (QED) is 0.570. The molecule has 0 spiro atoms. The van der Waals surface area contributed by atoms with Crippen molar-refractivity contribution in [2.24, 2.45) is 0 Å². The number of para-hydroxylation sites is 1. The Kier molecular flexibility index (Phi) is 6.55. The molecule has 0 bridgehead atoms. The molecule has 2 amide bonds. The van der Waals surface area contributed by atoms with Crippen molar-refractivity contribution in [2.75, 3.05) is 28.4 Å². The molecule has 33 heavy (non-hydrogen) atoms. The molecule has 2 heterocycles. The van der Waals surface area contributed by atoms with Crippen molar-refractivity contribution in [3.8, 4) is 17.2 Å². The first-order valence-electron chi connectivity index (χ1n) is 10.5. The van der Waals surface area contributed by atoms with Crippen molar-refractivity contribution in [3.05, 3.63) is 75.5 Å². The Morgan fingerprint density at radius 2 is 1.70 bits per heavy atom. The number of hydrogen-bond donors (Lipinski definition) is 1. The minimum Gasteiger partial charge on any atom is -0.496 e. The molecule has 0 unspecified atom stereocenters. The van der Waals surface area contributed by atoms with E-state index in [0.717, 1.165) is 10.4 Å². The molecule has 0 saturated carbocycles. The molecule has 8 heteroatoms. The smallest absolute Gasteiger partial charge is 0.254 e. The van der Waals surface area contributed by atoms with Crippen LogP contribution < -0.4 is 19.5 Å². The van der Waals surface area contributed by atoms with Crippen molar-refractivity contribution < 1.29 is 23.8 Å². The first-order valence-corrected chi connectivity index (χ1v) is 11.3. The van der Waals surface area contributed by atoms with E-state index in [4.69, 9.17) is 14.2 Å². The number of fused-ring (bicyclic) bond motifs is 1. The molecule has 7 nitrogen and oxygen atoms in total. The molecular formula is C25H26N2O5S. The fourth-order valence-electron chi connectivity index (χ4n) is 4.29. The number of nitrogens with zero attached hydrogens (tertiary/aromatic N) is 1. The minimum atomic E-state index is -0.629. The van der Waals surface area contributed by atoms with Crippen molar-refractivity contribution in [1.82, 2.24) is 10.2 Å². The summed E-state index contributed by atoms with van der Waals surface area (Å²) in [4.78, 5) is 29.6. The van der Waals surface area contributed by atoms with E-state index < -0.39 is 12.0 Å². The summed E-state index contributed by atoms with van der Waals surface area (Å²) in [5.74, 6) is 0.637. The number of thiophene rings is 1. The van der Waals surface area contributed by atoms with Gasteiger partial charge >= 0.3 is 0 Å². The van der Waals surface area contributed by atoms with Crippen LogP contribution in [0.3, 0.4) is 0 Å². The highest BCUT2D eigenvalue weighted by atomic mass is 32.1. The van der Waals surface area contributed by atoms with Crippen LogP contribution >= 0.6 is 11.3 Å². The van der Waals surface area contributed by atoms with E-state index >= 15 is 0 Å². The molecule has 2 atom stereocenters. The maximum atomic E-state index is 13.7. The molecule has 1 N–H and O–H groups in total. The van der Waals surface area contributed by atoms with Gasteiger partial charge in [-0.3, -0.25) is 9.59 Å². The predicted octanol–water partition coefficient (Wildman–Crippen LogP) is 4.00. The summed E-state index contributed by atoms with van der Waals surface area (Å²) in [7, 11) is 6.39. The number of amides is 2. The van der Waals surface area contributed by atoms with E-state index in [9.17, 15) is 9.59 Å². The zero-order valence-corrected chi connectivity index (χ0v) is 19.8. The fraction of sp³-hybridized carbons (Fsp3) is 0.280. The minimum absolute atomic E-state index is 0.168. The van der Waals surface area contributed by atoms with Crippen molar-refractivity contribution >= 4 is 23.2 Å². The third-order valence-electron chi connectivity index (χ3n) is 5.94. The highest BCUT2D eigenvalue weighted by molar-refractivity contribution is 7.10. The number of rotatable bonds is 7. The van der Waals surface area contributed by atoms with Crippen LogP contribution in [0.15, 0.2) is 53.9 Å². The lowest BCUT2D eigenvalue weighted by Crippen LogP contribution is -2.45. The second kappa shape index (κ2) is 9.54. The zero-order chi connectivity index (χ0) is 23.5. The second-order valence-electron chi connectivity index (χ2n) is 7.68. The largest absolute Gasteiger partial charge is 0.496 e. The van der Waals surface area contributed by atoms with Crippen molar-refractivity contribution in [3.63, 3.8) is 0 Å². The standard InChI is InChI=1S/C25H26N2O5S/c1-27-23(21-10-7-11-33-21)22(24(28)26-14-15-8-5-6-9-18(15)30-2)16-12-19(31-3)20(32-4)13-17(16)25(27)29/h5-13,22-23H,14H2,1-4H3,(H,26,28)/t22-,23+/m0/s1. The zero-order valence-electron chi connectivity index (χ0n) is 19.0. The van der Waals surface area contributed by atoms with Crippen LogP contribution in [0.2, 0.25) is 0 Å². The molecule has 0 fully saturated rings. The van der Waals surface area contributed by atoms with Gasteiger partial charge in [0.15, 0.2) is 11.5 Å². The number of hydrogen-bond acceptors (Lipinski definition) is 6. The number of carbonyl (C=O) groups excluding carboxylic acids is 2. The van der Waals surface area contributed by atoms with Gasteiger partial charge in [-0.1, -0.05) is 24.3 Å². The van der Waals surface area contributed by atoms with Gasteiger partial charge in [0, 0.05) is 29.6 Å². The van der Waals surface area contributed by atoms with Gasteiger partial charge in [-0.05, 0) is 35.2 Å². The molecule has 172 valence electrons. The first kappa shape index (κ1) is 22.7. The van der Waals surface area contributed by atoms with Crippen LogP contribution in [-0.4, -0.2) is 45.1 Å². The third-order valence-corrected chi connectivity index (χ3v) is 6.88. The van der Waals surface area contributed by atoms with Crippen LogP contribution in [0.25, 0.3) is 0 Å². The number of benzene rings is 2. The Bertz CT molecular complexity index is 1160. The molecule has 4 rings (SSSR count). The number of nitrogens with one attached hydrogen (secondary N) is 1. The number of likely N-dealkylation sites (N-methyl/N-ethyl adjacent to an activating group) is 1. The Morgan fingerprint density at radius 1 is 1.00 bits per heavy atom. The molecule has 0 aliphatic carbocycles. The topological polar surface area (TPSA) is 77.1 Å². The Morgan fingerprint density at radius 3 is 2.36 bits per heavy atom. The number of carbonyl (C=O) groups is 2. The summed E-state index contributed by atoms with van der Waals surface area (Å²) in [5.41, 5.74) is 1.92.